The van der Waals surface area contributed by atoms with Gasteiger partial charge in [0.15, 0.2) is 0 Å². The predicted molar refractivity (Wildman–Crippen MR) is 71.6 cm³/mol. The molecule has 1 saturated heterocycles. The molecule has 3 heteroatoms. The molecular formula is C14H28N2O. The molecule has 1 amide bonds. The van der Waals surface area contributed by atoms with Gasteiger partial charge >= 0.3 is 0 Å². The summed E-state index contributed by atoms with van der Waals surface area (Å²) in [6.45, 7) is 12.7. The number of rotatable bonds is 3. The number of nitrogens with two attached hydrogens (primary N) is 1. The molecule has 3 nitrogen and oxygen atoms in total. The highest BCUT2D eigenvalue weighted by Crippen LogP contribution is 2.33. The Kier molecular flexibility index (Phi) is 4.59. The number of hydrogen-bond acceptors (Lipinski definition) is 2. The highest BCUT2D eigenvalue weighted by Gasteiger charge is 2.35. The van der Waals surface area contributed by atoms with Crippen molar-refractivity contribution < 1.29 is 4.79 Å². The summed E-state index contributed by atoms with van der Waals surface area (Å²) in [5.41, 5.74) is 6.30. The van der Waals surface area contributed by atoms with Gasteiger partial charge in [-0.15, -0.1) is 0 Å². The summed E-state index contributed by atoms with van der Waals surface area (Å²) in [6.07, 6.45) is 2.08. The number of carbonyl (C=O) groups excluding carboxylic acids is 1. The second-order valence-corrected chi connectivity index (χ2v) is 6.55. The number of likely N-dealkylation sites (tertiary alicyclic amines) is 1. The molecule has 0 aliphatic carbocycles. The summed E-state index contributed by atoms with van der Waals surface area (Å²) < 4.78 is 0. The molecule has 1 heterocycles. The number of carbonyl (C=O) groups is 1. The van der Waals surface area contributed by atoms with Crippen LogP contribution >= 0.6 is 0 Å². The molecule has 0 radical (unpaired) electrons. The van der Waals surface area contributed by atoms with E-state index in [1.54, 1.807) is 0 Å². The van der Waals surface area contributed by atoms with Crippen molar-refractivity contribution in [2.24, 2.45) is 23.0 Å². The Morgan fingerprint density at radius 3 is 2.47 bits per heavy atom. The first-order valence-electron chi connectivity index (χ1n) is 6.81. The van der Waals surface area contributed by atoms with Crippen LogP contribution in [0.3, 0.4) is 0 Å². The molecule has 1 rings (SSSR count). The Bertz CT molecular complexity index is 270. The van der Waals surface area contributed by atoms with Gasteiger partial charge in [-0.1, -0.05) is 41.0 Å². The quantitative estimate of drug-likeness (QED) is 0.822. The van der Waals surface area contributed by atoms with Gasteiger partial charge in [-0.25, -0.2) is 0 Å². The van der Waals surface area contributed by atoms with Gasteiger partial charge < -0.3 is 10.6 Å². The second kappa shape index (κ2) is 5.38. The van der Waals surface area contributed by atoms with E-state index < -0.39 is 0 Å². The van der Waals surface area contributed by atoms with Crippen LogP contribution < -0.4 is 5.73 Å². The lowest BCUT2D eigenvalue weighted by molar-refractivity contribution is -0.132. The summed E-state index contributed by atoms with van der Waals surface area (Å²) in [5.74, 6) is 1.03. The van der Waals surface area contributed by atoms with Gasteiger partial charge in [0.05, 0.1) is 6.04 Å². The third kappa shape index (κ3) is 3.44. The van der Waals surface area contributed by atoms with Gasteiger partial charge in [0.25, 0.3) is 0 Å². The van der Waals surface area contributed by atoms with Crippen molar-refractivity contribution in [3.05, 3.63) is 0 Å². The fraction of sp³-hybridized carbons (Fsp3) is 0.929. The van der Waals surface area contributed by atoms with E-state index >= 15 is 0 Å². The van der Waals surface area contributed by atoms with Crippen molar-refractivity contribution >= 4 is 5.91 Å². The maximum atomic E-state index is 12.2. The van der Waals surface area contributed by atoms with E-state index in [1.807, 2.05) is 4.90 Å². The molecule has 1 fully saturated rings. The molecule has 0 aromatic carbocycles. The molecule has 2 N–H and O–H groups in total. The summed E-state index contributed by atoms with van der Waals surface area (Å²) in [7, 11) is 0. The summed E-state index contributed by atoms with van der Waals surface area (Å²) >= 11 is 0. The topological polar surface area (TPSA) is 46.3 Å². The van der Waals surface area contributed by atoms with Gasteiger partial charge in [0.1, 0.15) is 0 Å². The van der Waals surface area contributed by atoms with Crippen LogP contribution in [0.1, 0.15) is 47.5 Å². The van der Waals surface area contributed by atoms with E-state index in [-0.39, 0.29) is 23.3 Å². The van der Waals surface area contributed by atoms with Crippen LogP contribution in [0.2, 0.25) is 0 Å². The van der Waals surface area contributed by atoms with Crippen molar-refractivity contribution in [1.82, 2.24) is 4.90 Å². The Morgan fingerprint density at radius 2 is 2.06 bits per heavy atom. The minimum atomic E-state index is -0.321. The van der Waals surface area contributed by atoms with Crippen LogP contribution in [0.25, 0.3) is 0 Å². The highest BCUT2D eigenvalue weighted by molar-refractivity contribution is 5.82. The maximum absolute atomic E-state index is 12.2. The summed E-state index contributed by atoms with van der Waals surface area (Å²) in [4.78, 5) is 14.2. The fourth-order valence-corrected chi connectivity index (χ4v) is 2.38. The SMILES string of the molecule is CC[C@H](C)[C@H](N)C(=O)N1CCC(C(C)(C)C)C1. The number of nitrogens with zero attached hydrogens (tertiary/aromatic N) is 1. The minimum absolute atomic E-state index is 0.145. The average Bonchev–Trinajstić information content (AvgIpc) is 2.74. The van der Waals surface area contributed by atoms with Gasteiger partial charge in [-0.2, -0.15) is 0 Å². The predicted octanol–water partition coefficient (Wildman–Crippen LogP) is 2.25. The zero-order valence-electron chi connectivity index (χ0n) is 12.0. The molecule has 0 aromatic rings. The first kappa shape index (κ1) is 14.5. The first-order chi connectivity index (χ1) is 7.77. The normalized spacial score (nSPS) is 24.8. The standard InChI is InChI=1S/C14H28N2O/c1-6-10(2)12(15)13(17)16-8-7-11(9-16)14(3,4)5/h10-12H,6-9,15H2,1-5H3/t10-,11?,12-/m0/s1. The zero-order chi connectivity index (χ0) is 13.2. The van der Waals surface area contributed by atoms with Gasteiger partial charge in [-0.3, -0.25) is 4.79 Å². The van der Waals surface area contributed by atoms with E-state index in [4.69, 9.17) is 5.73 Å². The lowest BCUT2D eigenvalue weighted by atomic mass is 9.80. The largest absolute Gasteiger partial charge is 0.341 e. The highest BCUT2D eigenvalue weighted by atomic mass is 16.2. The molecule has 0 spiro atoms. The zero-order valence-corrected chi connectivity index (χ0v) is 12.0. The Labute approximate surface area is 106 Å². The Balaban J connectivity index is 2.57. The summed E-state index contributed by atoms with van der Waals surface area (Å²) in [5, 5.41) is 0. The van der Waals surface area contributed by atoms with Crippen molar-refractivity contribution in [2.75, 3.05) is 13.1 Å². The molecule has 0 bridgehead atoms. The molecular weight excluding hydrogens is 212 g/mol. The maximum Gasteiger partial charge on any atom is 0.239 e. The third-order valence-corrected chi connectivity index (χ3v) is 4.27. The van der Waals surface area contributed by atoms with Crippen molar-refractivity contribution in [2.45, 2.75) is 53.5 Å². The van der Waals surface area contributed by atoms with Gasteiger partial charge in [0, 0.05) is 13.1 Å². The van der Waals surface area contributed by atoms with Crippen LogP contribution in [-0.4, -0.2) is 29.9 Å². The van der Waals surface area contributed by atoms with E-state index in [0.29, 0.717) is 5.92 Å². The lowest BCUT2D eigenvalue weighted by Gasteiger charge is -2.28. The van der Waals surface area contributed by atoms with Crippen molar-refractivity contribution in [3.8, 4) is 0 Å². The molecule has 17 heavy (non-hydrogen) atoms. The van der Waals surface area contributed by atoms with E-state index in [0.717, 1.165) is 25.9 Å². The van der Waals surface area contributed by atoms with Crippen LogP contribution in [0.4, 0.5) is 0 Å². The Hall–Kier alpha value is -0.570. The van der Waals surface area contributed by atoms with Crippen LogP contribution in [-0.2, 0) is 4.79 Å². The average molecular weight is 240 g/mol. The minimum Gasteiger partial charge on any atom is -0.341 e. The van der Waals surface area contributed by atoms with Crippen LogP contribution in [0.5, 0.6) is 0 Å². The van der Waals surface area contributed by atoms with E-state index in [9.17, 15) is 4.79 Å². The van der Waals surface area contributed by atoms with E-state index in [1.165, 1.54) is 0 Å². The monoisotopic (exact) mass is 240 g/mol. The molecule has 3 atom stereocenters. The Morgan fingerprint density at radius 1 is 1.47 bits per heavy atom. The second-order valence-electron chi connectivity index (χ2n) is 6.55. The first-order valence-corrected chi connectivity index (χ1v) is 6.81. The van der Waals surface area contributed by atoms with Gasteiger partial charge in [-0.05, 0) is 23.7 Å². The number of amides is 1. The molecule has 0 aromatic heterocycles. The summed E-state index contributed by atoms with van der Waals surface area (Å²) in [6, 6.07) is -0.321. The molecule has 1 aliphatic rings. The molecule has 1 unspecified atom stereocenters. The van der Waals surface area contributed by atoms with Gasteiger partial charge in [0.2, 0.25) is 5.91 Å². The van der Waals surface area contributed by atoms with Crippen molar-refractivity contribution in [1.29, 1.82) is 0 Å². The molecule has 0 saturated carbocycles. The lowest BCUT2D eigenvalue weighted by Crippen LogP contribution is -2.46. The van der Waals surface area contributed by atoms with Crippen LogP contribution in [0, 0.1) is 17.3 Å². The third-order valence-electron chi connectivity index (χ3n) is 4.27. The smallest absolute Gasteiger partial charge is 0.239 e. The molecule has 1 aliphatic heterocycles. The van der Waals surface area contributed by atoms with E-state index in [2.05, 4.69) is 34.6 Å². The fourth-order valence-electron chi connectivity index (χ4n) is 2.38. The van der Waals surface area contributed by atoms with Crippen molar-refractivity contribution in [3.63, 3.8) is 0 Å². The molecule has 100 valence electrons. The number of hydrogen-bond donors (Lipinski definition) is 1. The van der Waals surface area contributed by atoms with Crippen LogP contribution in [0.15, 0.2) is 0 Å².